The van der Waals surface area contributed by atoms with Gasteiger partial charge in [0.15, 0.2) is 0 Å². The first-order valence-electron chi connectivity index (χ1n) is 11.8. The van der Waals surface area contributed by atoms with E-state index in [1.165, 1.54) is 10.6 Å². The van der Waals surface area contributed by atoms with Crippen molar-refractivity contribution in [3.63, 3.8) is 0 Å². The van der Waals surface area contributed by atoms with Crippen LogP contribution in [-0.2, 0) is 16.6 Å². The number of para-hydroxylation sites is 1. The van der Waals surface area contributed by atoms with Crippen molar-refractivity contribution in [2.24, 2.45) is 0 Å². The second-order valence-corrected chi connectivity index (χ2v) is 11.1. The van der Waals surface area contributed by atoms with Gasteiger partial charge in [-0.2, -0.15) is 4.98 Å². The molecule has 1 saturated heterocycles. The van der Waals surface area contributed by atoms with E-state index in [1.807, 2.05) is 53.2 Å². The number of piperazine rings is 1. The Morgan fingerprint density at radius 3 is 2.72 bits per heavy atom. The summed E-state index contributed by atoms with van der Waals surface area (Å²) in [4.78, 5) is 16.1. The zero-order chi connectivity index (χ0) is 25.3. The maximum atomic E-state index is 12.1. The van der Waals surface area contributed by atoms with Crippen LogP contribution in [0.15, 0.2) is 61.1 Å². The highest BCUT2D eigenvalue weighted by atomic mass is 32.2. The van der Waals surface area contributed by atoms with Gasteiger partial charge in [0.25, 0.3) is 0 Å². The van der Waals surface area contributed by atoms with Gasteiger partial charge in [0.05, 0.1) is 30.4 Å². The topological polar surface area (TPSA) is 108 Å². The normalized spacial score (nSPS) is 16.3. The molecule has 1 fully saturated rings. The van der Waals surface area contributed by atoms with Gasteiger partial charge in [-0.25, -0.2) is 18.4 Å². The molecule has 188 valence electrons. The van der Waals surface area contributed by atoms with Crippen LogP contribution in [0.4, 0.5) is 23.1 Å². The molecule has 0 aliphatic carbocycles. The first-order chi connectivity index (χ1) is 17.3. The number of nitrogens with one attached hydrogen (secondary N) is 2. The lowest BCUT2D eigenvalue weighted by atomic mass is 10.2. The summed E-state index contributed by atoms with van der Waals surface area (Å²) < 4.78 is 27.5. The fourth-order valence-electron chi connectivity index (χ4n) is 4.39. The Hall–Kier alpha value is -3.70. The van der Waals surface area contributed by atoms with Crippen molar-refractivity contribution in [1.82, 2.24) is 24.8 Å². The molecule has 11 heteroatoms. The molecule has 0 saturated carbocycles. The summed E-state index contributed by atoms with van der Waals surface area (Å²) in [6, 6.07) is 13.9. The number of pyridine rings is 1. The standard InChI is InChI=1S/C25H30N8O2S/c1-18-16-32(13-11-26-18)23-9-8-21(15-27-23)29-25-28-14-19-10-12-33(24(19)30-25)17-20-6-4-5-7-22(20)31(2)36(3,34)35/h4-10,12,14-15,18,26H,11,13,16-17H2,1-3H3,(H,28,29,30). The lowest BCUT2D eigenvalue weighted by molar-refractivity contribution is 0.482. The smallest absolute Gasteiger partial charge is 0.232 e. The second kappa shape index (κ2) is 9.75. The van der Waals surface area contributed by atoms with Crippen LogP contribution < -0.4 is 19.8 Å². The molecular formula is C25H30N8O2S. The Bertz CT molecular complexity index is 1470. The van der Waals surface area contributed by atoms with Crippen LogP contribution in [0.2, 0.25) is 0 Å². The Morgan fingerprint density at radius 1 is 1.14 bits per heavy atom. The molecule has 1 atom stereocenters. The van der Waals surface area contributed by atoms with Gasteiger partial charge in [-0.05, 0) is 36.8 Å². The summed E-state index contributed by atoms with van der Waals surface area (Å²) in [5, 5.41) is 7.59. The van der Waals surface area contributed by atoms with Gasteiger partial charge in [0.1, 0.15) is 11.5 Å². The Balaban J connectivity index is 1.36. The maximum absolute atomic E-state index is 12.1. The average Bonchev–Trinajstić information content (AvgIpc) is 3.26. The molecule has 0 bridgehead atoms. The van der Waals surface area contributed by atoms with Gasteiger partial charge in [0, 0.05) is 50.5 Å². The molecule has 1 unspecified atom stereocenters. The fraction of sp³-hybridized carbons (Fsp3) is 0.320. The molecule has 0 amide bonds. The molecule has 36 heavy (non-hydrogen) atoms. The molecule has 1 aliphatic heterocycles. The summed E-state index contributed by atoms with van der Waals surface area (Å²) in [6.07, 6.45) is 6.71. The number of hydrogen-bond donors (Lipinski definition) is 2. The molecule has 0 radical (unpaired) electrons. The predicted octanol–water partition coefficient (Wildman–Crippen LogP) is 2.81. The third kappa shape index (κ3) is 5.12. The van der Waals surface area contributed by atoms with Gasteiger partial charge in [-0.1, -0.05) is 18.2 Å². The van der Waals surface area contributed by atoms with Crippen molar-refractivity contribution in [2.75, 3.05) is 47.5 Å². The number of aromatic nitrogens is 4. The first kappa shape index (κ1) is 24.0. The van der Waals surface area contributed by atoms with Gasteiger partial charge in [-0.3, -0.25) is 4.31 Å². The van der Waals surface area contributed by atoms with E-state index in [0.717, 1.165) is 47.7 Å². The number of nitrogens with zero attached hydrogens (tertiary/aromatic N) is 6. The highest BCUT2D eigenvalue weighted by molar-refractivity contribution is 7.92. The molecule has 2 N–H and O–H groups in total. The van der Waals surface area contributed by atoms with Crippen molar-refractivity contribution in [2.45, 2.75) is 19.5 Å². The van der Waals surface area contributed by atoms with Crippen LogP contribution in [-0.4, -0.2) is 66.9 Å². The third-order valence-corrected chi connectivity index (χ3v) is 7.56. The number of fused-ring (bicyclic) bond motifs is 1. The number of sulfonamides is 1. The summed E-state index contributed by atoms with van der Waals surface area (Å²) in [5.41, 5.74) is 3.07. The van der Waals surface area contributed by atoms with Crippen LogP contribution in [0.5, 0.6) is 0 Å². The lowest BCUT2D eigenvalue weighted by Crippen LogP contribution is -2.49. The minimum absolute atomic E-state index is 0.438. The van der Waals surface area contributed by atoms with Crippen molar-refractivity contribution in [1.29, 1.82) is 0 Å². The first-order valence-corrected chi connectivity index (χ1v) is 13.7. The molecule has 4 heterocycles. The van der Waals surface area contributed by atoms with E-state index < -0.39 is 10.0 Å². The van der Waals surface area contributed by atoms with Crippen LogP contribution in [0.3, 0.4) is 0 Å². The largest absolute Gasteiger partial charge is 0.354 e. The molecule has 0 spiro atoms. The van der Waals surface area contributed by atoms with Crippen LogP contribution in [0.25, 0.3) is 11.0 Å². The maximum Gasteiger partial charge on any atom is 0.232 e. The Morgan fingerprint density at radius 2 is 1.97 bits per heavy atom. The number of rotatable bonds is 7. The average molecular weight is 507 g/mol. The van der Waals surface area contributed by atoms with Crippen molar-refractivity contribution >= 4 is 44.2 Å². The fourth-order valence-corrected chi connectivity index (χ4v) is 4.92. The molecule has 1 aromatic carbocycles. The van der Waals surface area contributed by atoms with Gasteiger partial charge >= 0.3 is 0 Å². The van der Waals surface area contributed by atoms with Crippen molar-refractivity contribution < 1.29 is 8.42 Å². The van der Waals surface area contributed by atoms with Crippen LogP contribution in [0, 0.1) is 0 Å². The Kier molecular flexibility index (Phi) is 6.50. The van der Waals surface area contributed by atoms with Crippen LogP contribution in [0.1, 0.15) is 12.5 Å². The van der Waals surface area contributed by atoms with Gasteiger partial charge < -0.3 is 20.1 Å². The van der Waals surface area contributed by atoms with E-state index in [2.05, 4.69) is 32.4 Å². The highest BCUT2D eigenvalue weighted by Gasteiger charge is 2.18. The van der Waals surface area contributed by atoms with Gasteiger partial charge in [-0.15, -0.1) is 0 Å². The van der Waals surface area contributed by atoms with E-state index in [-0.39, 0.29) is 0 Å². The summed E-state index contributed by atoms with van der Waals surface area (Å²) in [7, 11) is -1.81. The molecule has 4 aromatic rings. The van der Waals surface area contributed by atoms with E-state index >= 15 is 0 Å². The number of anilines is 4. The number of hydrogen-bond acceptors (Lipinski definition) is 8. The summed E-state index contributed by atoms with van der Waals surface area (Å²) in [6.45, 7) is 5.46. The monoisotopic (exact) mass is 506 g/mol. The van der Waals surface area contributed by atoms with E-state index in [4.69, 9.17) is 4.98 Å². The Labute approximate surface area is 211 Å². The minimum Gasteiger partial charge on any atom is -0.354 e. The number of benzene rings is 1. The van der Waals surface area contributed by atoms with Crippen molar-refractivity contribution in [3.05, 3.63) is 66.6 Å². The van der Waals surface area contributed by atoms with Gasteiger partial charge in [0.2, 0.25) is 16.0 Å². The van der Waals surface area contributed by atoms with E-state index in [1.54, 1.807) is 19.4 Å². The molecular weight excluding hydrogens is 476 g/mol. The molecule has 5 rings (SSSR count). The second-order valence-electron chi connectivity index (χ2n) is 9.11. The van der Waals surface area contributed by atoms with E-state index in [0.29, 0.717) is 24.2 Å². The molecule has 10 nitrogen and oxygen atoms in total. The quantitative estimate of drug-likeness (QED) is 0.394. The minimum atomic E-state index is -3.38. The summed E-state index contributed by atoms with van der Waals surface area (Å²) >= 11 is 0. The SMILES string of the molecule is CC1CN(c2ccc(Nc3ncc4ccn(Cc5ccccc5N(C)S(C)(=O)=O)c4n3)cn2)CCN1. The lowest BCUT2D eigenvalue weighted by Gasteiger charge is -2.32. The van der Waals surface area contributed by atoms with Crippen LogP contribution >= 0.6 is 0 Å². The molecule has 3 aromatic heterocycles. The zero-order valence-electron chi connectivity index (χ0n) is 20.6. The predicted molar refractivity (Wildman–Crippen MR) is 144 cm³/mol. The zero-order valence-corrected chi connectivity index (χ0v) is 21.4. The molecule has 1 aliphatic rings. The summed E-state index contributed by atoms with van der Waals surface area (Å²) in [5.74, 6) is 1.42. The highest BCUT2D eigenvalue weighted by Crippen LogP contribution is 2.25. The van der Waals surface area contributed by atoms with Crippen molar-refractivity contribution in [3.8, 4) is 0 Å². The van der Waals surface area contributed by atoms with E-state index in [9.17, 15) is 8.42 Å². The third-order valence-electron chi connectivity index (χ3n) is 6.37.